The molecule has 1 saturated heterocycles. The Balaban J connectivity index is 1.59. The second-order valence-electron chi connectivity index (χ2n) is 6.26. The van der Waals surface area contributed by atoms with Crippen LogP contribution in [-0.4, -0.2) is 29.1 Å². The van der Waals surface area contributed by atoms with Crippen LogP contribution >= 0.6 is 0 Å². The number of esters is 1. The van der Waals surface area contributed by atoms with E-state index in [9.17, 15) is 19.5 Å². The van der Waals surface area contributed by atoms with Crippen molar-refractivity contribution < 1.29 is 24.2 Å². The zero-order valence-electron chi connectivity index (χ0n) is 11.7. The standard InChI is InChI=1S/C16H15NO5/c18-14(17-10-4-2-1-3-8(10)15(19)20)12-7-5-9-11(6-7)22-16(21)13(9)12/h1-4,7,9,11-13H,5-6H2,(H,17,18)(H,19,20)/t7-,9+,11+,12-,13+/m1/s1. The Bertz CT molecular complexity index is 683. The van der Waals surface area contributed by atoms with Gasteiger partial charge in [-0.2, -0.15) is 0 Å². The third kappa shape index (κ3) is 1.76. The predicted octanol–water partition coefficient (Wildman–Crippen LogP) is 1.52. The van der Waals surface area contributed by atoms with E-state index in [0.717, 1.165) is 12.8 Å². The summed E-state index contributed by atoms with van der Waals surface area (Å²) < 4.78 is 5.32. The van der Waals surface area contributed by atoms with E-state index in [0.29, 0.717) is 0 Å². The van der Waals surface area contributed by atoms with Gasteiger partial charge in [-0.15, -0.1) is 0 Å². The number of carboxylic acid groups (broad SMARTS) is 1. The lowest BCUT2D eigenvalue weighted by molar-refractivity contribution is -0.145. The van der Waals surface area contributed by atoms with E-state index >= 15 is 0 Å². The van der Waals surface area contributed by atoms with Crippen molar-refractivity contribution in [3.63, 3.8) is 0 Å². The molecule has 3 fully saturated rings. The van der Waals surface area contributed by atoms with Crippen LogP contribution in [0.5, 0.6) is 0 Å². The lowest BCUT2D eigenvalue weighted by Crippen LogP contribution is -2.36. The molecule has 1 aliphatic heterocycles. The highest BCUT2D eigenvalue weighted by Gasteiger charge is 2.63. The van der Waals surface area contributed by atoms with Crippen LogP contribution in [0, 0.1) is 23.7 Å². The van der Waals surface area contributed by atoms with Gasteiger partial charge in [0.1, 0.15) is 6.10 Å². The zero-order chi connectivity index (χ0) is 15.4. The summed E-state index contributed by atoms with van der Waals surface area (Å²) in [6, 6.07) is 6.28. The summed E-state index contributed by atoms with van der Waals surface area (Å²) in [4.78, 5) is 35.7. The maximum Gasteiger partial charge on any atom is 0.337 e. The number of para-hydroxylation sites is 1. The summed E-state index contributed by atoms with van der Waals surface area (Å²) in [6.07, 6.45) is 1.57. The monoisotopic (exact) mass is 301 g/mol. The van der Waals surface area contributed by atoms with Crippen molar-refractivity contribution in [1.82, 2.24) is 0 Å². The molecule has 6 nitrogen and oxygen atoms in total. The maximum absolute atomic E-state index is 12.6. The van der Waals surface area contributed by atoms with E-state index in [1.165, 1.54) is 6.07 Å². The molecule has 2 saturated carbocycles. The SMILES string of the molecule is O=C(O)c1ccccc1NC(=O)[C@@H]1[C@@H]2C[C@@H]3[C@@H]1C(=O)O[C@H]3C2. The summed E-state index contributed by atoms with van der Waals surface area (Å²) in [5.41, 5.74) is 0.316. The number of ether oxygens (including phenoxy) is 1. The van der Waals surface area contributed by atoms with Gasteiger partial charge >= 0.3 is 11.9 Å². The summed E-state index contributed by atoms with van der Waals surface area (Å²) in [5, 5.41) is 11.9. The first-order valence-electron chi connectivity index (χ1n) is 7.40. The van der Waals surface area contributed by atoms with E-state index in [2.05, 4.69) is 5.32 Å². The molecule has 114 valence electrons. The van der Waals surface area contributed by atoms with Gasteiger partial charge in [-0.3, -0.25) is 9.59 Å². The molecule has 1 aromatic rings. The number of amides is 1. The second kappa shape index (κ2) is 4.56. The highest BCUT2D eigenvalue weighted by molar-refractivity contribution is 6.02. The van der Waals surface area contributed by atoms with E-state index in [-0.39, 0.29) is 47.0 Å². The molecule has 2 N–H and O–H groups in total. The number of aromatic carboxylic acids is 1. The highest BCUT2D eigenvalue weighted by Crippen LogP contribution is 2.57. The number of rotatable bonds is 3. The van der Waals surface area contributed by atoms with Gasteiger partial charge in [0.05, 0.1) is 23.1 Å². The lowest BCUT2D eigenvalue weighted by atomic mass is 9.79. The van der Waals surface area contributed by atoms with Crippen LogP contribution in [-0.2, 0) is 14.3 Å². The number of benzene rings is 1. The van der Waals surface area contributed by atoms with E-state index in [4.69, 9.17) is 4.74 Å². The van der Waals surface area contributed by atoms with Gasteiger partial charge in [-0.05, 0) is 30.9 Å². The van der Waals surface area contributed by atoms with E-state index < -0.39 is 11.9 Å². The summed E-state index contributed by atoms with van der Waals surface area (Å²) >= 11 is 0. The third-order valence-corrected chi connectivity index (χ3v) is 5.20. The second-order valence-corrected chi connectivity index (χ2v) is 6.26. The van der Waals surface area contributed by atoms with Crippen molar-refractivity contribution in [3.05, 3.63) is 29.8 Å². The van der Waals surface area contributed by atoms with Crippen LogP contribution in [0.15, 0.2) is 24.3 Å². The first-order valence-corrected chi connectivity index (χ1v) is 7.40. The molecule has 1 amide bonds. The Morgan fingerprint density at radius 2 is 2.00 bits per heavy atom. The molecule has 22 heavy (non-hydrogen) atoms. The van der Waals surface area contributed by atoms with Gasteiger partial charge in [-0.25, -0.2) is 4.79 Å². The molecule has 4 rings (SSSR count). The molecular formula is C16H15NO5. The fourth-order valence-electron chi connectivity index (χ4n) is 4.36. The van der Waals surface area contributed by atoms with Crippen LogP contribution in [0.4, 0.5) is 5.69 Å². The first kappa shape index (κ1) is 13.3. The first-order chi connectivity index (χ1) is 10.6. The van der Waals surface area contributed by atoms with Crippen molar-refractivity contribution in [3.8, 4) is 0 Å². The number of nitrogens with one attached hydrogen (secondary N) is 1. The molecule has 6 heteroatoms. The number of hydrogen-bond donors (Lipinski definition) is 2. The highest BCUT2D eigenvalue weighted by atomic mass is 16.6. The number of carboxylic acids is 1. The molecule has 3 aliphatic rings. The molecule has 0 aromatic heterocycles. The molecule has 0 radical (unpaired) electrons. The number of fused-ring (bicyclic) bond motifs is 1. The Morgan fingerprint density at radius 3 is 2.77 bits per heavy atom. The molecule has 0 spiro atoms. The van der Waals surface area contributed by atoms with Gasteiger partial charge in [0.25, 0.3) is 0 Å². The fourth-order valence-corrected chi connectivity index (χ4v) is 4.36. The Kier molecular flexibility index (Phi) is 2.76. The number of hydrogen-bond acceptors (Lipinski definition) is 4. The molecule has 1 aromatic carbocycles. The van der Waals surface area contributed by atoms with Gasteiger partial charge < -0.3 is 15.2 Å². The largest absolute Gasteiger partial charge is 0.478 e. The van der Waals surface area contributed by atoms with Gasteiger partial charge in [0, 0.05) is 5.92 Å². The van der Waals surface area contributed by atoms with Crippen LogP contribution in [0.25, 0.3) is 0 Å². The molecule has 2 bridgehead atoms. The van der Waals surface area contributed by atoms with Gasteiger partial charge in [0.2, 0.25) is 5.91 Å². The lowest BCUT2D eigenvalue weighted by Gasteiger charge is -2.23. The summed E-state index contributed by atoms with van der Waals surface area (Å²) in [5.74, 6) is -2.10. The van der Waals surface area contributed by atoms with E-state index in [1.807, 2.05) is 0 Å². The van der Waals surface area contributed by atoms with Crippen molar-refractivity contribution in [2.45, 2.75) is 18.9 Å². The summed E-state index contributed by atoms with van der Waals surface area (Å²) in [7, 11) is 0. The predicted molar refractivity (Wildman–Crippen MR) is 75.1 cm³/mol. The Labute approximate surface area is 126 Å². The molecule has 2 aliphatic carbocycles. The van der Waals surface area contributed by atoms with Gasteiger partial charge in [-0.1, -0.05) is 12.1 Å². The minimum absolute atomic E-state index is 0.0159. The van der Waals surface area contributed by atoms with Crippen molar-refractivity contribution in [2.75, 3.05) is 5.32 Å². The van der Waals surface area contributed by atoms with Crippen molar-refractivity contribution in [1.29, 1.82) is 0 Å². The summed E-state index contributed by atoms with van der Waals surface area (Å²) in [6.45, 7) is 0. The Hall–Kier alpha value is -2.37. The van der Waals surface area contributed by atoms with Crippen LogP contribution < -0.4 is 5.32 Å². The van der Waals surface area contributed by atoms with E-state index in [1.54, 1.807) is 18.2 Å². The normalized spacial score (nSPS) is 34.5. The quantitative estimate of drug-likeness (QED) is 0.826. The smallest absolute Gasteiger partial charge is 0.337 e. The minimum atomic E-state index is -1.09. The average Bonchev–Trinajstić information content (AvgIpc) is 3.08. The molecule has 0 unspecified atom stereocenters. The van der Waals surface area contributed by atoms with Crippen LogP contribution in [0.1, 0.15) is 23.2 Å². The Morgan fingerprint density at radius 1 is 1.23 bits per heavy atom. The number of carbonyl (C=O) groups is 3. The third-order valence-electron chi connectivity index (χ3n) is 5.20. The zero-order valence-corrected chi connectivity index (χ0v) is 11.7. The average molecular weight is 301 g/mol. The molecular weight excluding hydrogens is 286 g/mol. The number of anilines is 1. The molecule has 5 atom stereocenters. The number of carbonyl (C=O) groups excluding carboxylic acids is 2. The molecule has 1 heterocycles. The van der Waals surface area contributed by atoms with Crippen molar-refractivity contribution >= 4 is 23.5 Å². The fraction of sp³-hybridized carbons (Fsp3) is 0.438. The topological polar surface area (TPSA) is 92.7 Å². The van der Waals surface area contributed by atoms with Crippen LogP contribution in [0.3, 0.4) is 0 Å². The van der Waals surface area contributed by atoms with Gasteiger partial charge in [0.15, 0.2) is 0 Å². The minimum Gasteiger partial charge on any atom is -0.478 e. The maximum atomic E-state index is 12.6. The van der Waals surface area contributed by atoms with Crippen molar-refractivity contribution in [2.24, 2.45) is 23.7 Å². The van der Waals surface area contributed by atoms with Crippen LogP contribution in [0.2, 0.25) is 0 Å².